The van der Waals surface area contributed by atoms with Gasteiger partial charge in [-0.25, -0.2) is 4.39 Å². The van der Waals surface area contributed by atoms with Gasteiger partial charge in [-0.05, 0) is 18.2 Å². The number of rotatable bonds is 6. The minimum atomic E-state index is -1.09. The van der Waals surface area contributed by atoms with E-state index in [1.807, 2.05) is 0 Å². The second-order valence-corrected chi connectivity index (χ2v) is 5.84. The van der Waals surface area contributed by atoms with Crippen LogP contribution in [0.1, 0.15) is 20.7 Å². The number of anilines is 1. The van der Waals surface area contributed by atoms with Gasteiger partial charge in [-0.1, -0.05) is 18.2 Å². The van der Waals surface area contributed by atoms with E-state index in [0.717, 1.165) is 12.1 Å². The van der Waals surface area contributed by atoms with E-state index in [1.165, 1.54) is 30.3 Å². The monoisotopic (exact) mass is 401 g/mol. The van der Waals surface area contributed by atoms with Crippen LogP contribution in [-0.4, -0.2) is 46.7 Å². The minimum Gasteiger partial charge on any atom is -0.454 e. The van der Waals surface area contributed by atoms with Gasteiger partial charge in [0.1, 0.15) is 17.9 Å². The summed E-state index contributed by atoms with van der Waals surface area (Å²) in [4.78, 5) is 59.1. The summed E-state index contributed by atoms with van der Waals surface area (Å²) >= 11 is 0. The first kappa shape index (κ1) is 19.6. The molecular formula is C18H12FN3O7. The predicted molar refractivity (Wildman–Crippen MR) is 94.5 cm³/mol. The quantitative estimate of drug-likeness (QED) is 0.335. The van der Waals surface area contributed by atoms with Gasteiger partial charge < -0.3 is 10.1 Å². The second-order valence-electron chi connectivity index (χ2n) is 5.84. The van der Waals surface area contributed by atoms with Gasteiger partial charge in [-0.15, -0.1) is 0 Å². The summed E-state index contributed by atoms with van der Waals surface area (Å²) in [5.41, 5.74) is -1.27. The summed E-state index contributed by atoms with van der Waals surface area (Å²) in [7, 11) is 0. The van der Waals surface area contributed by atoms with Crippen molar-refractivity contribution in [2.75, 3.05) is 18.5 Å². The van der Waals surface area contributed by atoms with Crippen molar-refractivity contribution in [3.05, 3.63) is 69.5 Å². The molecule has 0 radical (unpaired) electrons. The molecule has 0 spiro atoms. The Bertz CT molecular complexity index is 1050. The Kier molecular flexibility index (Phi) is 5.30. The Hall–Kier alpha value is -4.15. The fourth-order valence-electron chi connectivity index (χ4n) is 2.68. The van der Waals surface area contributed by atoms with Gasteiger partial charge in [0.05, 0.1) is 16.2 Å². The summed E-state index contributed by atoms with van der Waals surface area (Å²) in [6, 6.07) is 8.90. The van der Waals surface area contributed by atoms with Crippen LogP contribution in [0.25, 0.3) is 0 Å². The largest absolute Gasteiger partial charge is 0.454 e. The van der Waals surface area contributed by atoms with Gasteiger partial charge >= 0.3 is 5.97 Å². The maximum atomic E-state index is 13.5. The van der Waals surface area contributed by atoms with Crippen molar-refractivity contribution in [1.29, 1.82) is 0 Å². The number of nitro groups is 1. The topological polar surface area (TPSA) is 136 Å². The molecule has 0 saturated heterocycles. The number of ether oxygens (including phenoxy) is 1. The molecule has 11 heteroatoms. The molecule has 148 valence electrons. The van der Waals surface area contributed by atoms with Gasteiger partial charge in [-0.3, -0.25) is 34.2 Å². The van der Waals surface area contributed by atoms with Crippen LogP contribution in [0.15, 0.2) is 42.5 Å². The number of fused-ring (bicyclic) bond motifs is 1. The Morgan fingerprint density at radius 1 is 1.10 bits per heavy atom. The van der Waals surface area contributed by atoms with Crippen molar-refractivity contribution in [2.24, 2.45) is 0 Å². The molecule has 1 aliphatic heterocycles. The zero-order valence-corrected chi connectivity index (χ0v) is 14.6. The second kappa shape index (κ2) is 7.84. The predicted octanol–water partition coefficient (Wildman–Crippen LogP) is 1.51. The number of imide groups is 1. The number of para-hydroxylation sites is 1. The third kappa shape index (κ3) is 3.93. The molecule has 3 rings (SSSR count). The van der Waals surface area contributed by atoms with Crippen LogP contribution in [0.4, 0.5) is 15.8 Å². The van der Waals surface area contributed by atoms with Crippen LogP contribution in [0, 0.1) is 15.9 Å². The molecule has 3 amide bonds. The van der Waals surface area contributed by atoms with Crippen molar-refractivity contribution in [3.63, 3.8) is 0 Å². The number of nitro benzene ring substituents is 1. The van der Waals surface area contributed by atoms with E-state index in [2.05, 4.69) is 5.32 Å². The number of carbonyl (C=O) groups excluding carboxylic acids is 4. The summed E-state index contributed by atoms with van der Waals surface area (Å²) in [5.74, 6) is -4.50. The average Bonchev–Trinajstić information content (AvgIpc) is 2.93. The van der Waals surface area contributed by atoms with Crippen LogP contribution in [-0.2, 0) is 14.3 Å². The number of amides is 3. The van der Waals surface area contributed by atoms with Crippen LogP contribution in [0.3, 0.4) is 0 Å². The molecule has 0 aliphatic carbocycles. The van der Waals surface area contributed by atoms with Crippen molar-refractivity contribution in [2.45, 2.75) is 0 Å². The Morgan fingerprint density at radius 3 is 2.52 bits per heavy atom. The standard InChI is InChI=1S/C18H12FN3O7/c19-11-5-1-2-6-12(11)20-14(23)9-29-15(24)8-21-17(25)10-4-3-7-13(22(27)28)16(10)18(21)26/h1-7H,8-9H2,(H,20,23). The van der Waals surface area contributed by atoms with Crippen LogP contribution in [0.2, 0.25) is 0 Å². The Morgan fingerprint density at radius 2 is 1.83 bits per heavy atom. The number of hydrogen-bond donors (Lipinski definition) is 1. The van der Waals surface area contributed by atoms with E-state index < -0.39 is 58.8 Å². The molecule has 0 aromatic heterocycles. The summed E-state index contributed by atoms with van der Waals surface area (Å²) in [6.45, 7) is -1.62. The maximum absolute atomic E-state index is 13.5. The molecule has 10 nitrogen and oxygen atoms in total. The van der Waals surface area contributed by atoms with E-state index in [9.17, 15) is 33.7 Å². The Labute approximate surface area is 162 Å². The third-order valence-corrected chi connectivity index (χ3v) is 3.97. The first-order chi connectivity index (χ1) is 13.8. The van der Waals surface area contributed by atoms with Gasteiger partial charge in [0.15, 0.2) is 6.61 Å². The lowest BCUT2D eigenvalue weighted by atomic mass is 10.1. The number of nitrogens with one attached hydrogen (secondary N) is 1. The van der Waals surface area contributed by atoms with Crippen molar-refractivity contribution in [1.82, 2.24) is 4.90 Å². The molecule has 0 saturated carbocycles. The molecule has 0 unspecified atom stereocenters. The zero-order chi connectivity index (χ0) is 21.1. The summed E-state index contributed by atoms with van der Waals surface area (Å²) < 4.78 is 18.2. The molecule has 29 heavy (non-hydrogen) atoms. The molecule has 0 fully saturated rings. The van der Waals surface area contributed by atoms with Crippen LogP contribution < -0.4 is 5.32 Å². The number of nitrogens with zero attached hydrogens (tertiary/aromatic N) is 2. The fraction of sp³-hybridized carbons (Fsp3) is 0.111. The van der Waals surface area contributed by atoms with Crippen LogP contribution in [0.5, 0.6) is 0 Å². The SMILES string of the molecule is O=C(COC(=O)CN1C(=O)c2cccc([N+](=O)[O-])c2C1=O)Nc1ccccc1F. The van der Waals surface area contributed by atoms with E-state index in [1.54, 1.807) is 0 Å². The van der Waals surface area contributed by atoms with E-state index in [4.69, 9.17) is 4.74 Å². The minimum absolute atomic E-state index is 0.110. The first-order valence-corrected chi connectivity index (χ1v) is 8.13. The van der Waals surface area contributed by atoms with Gasteiger partial charge in [0.2, 0.25) is 0 Å². The van der Waals surface area contributed by atoms with Crippen LogP contribution >= 0.6 is 0 Å². The highest BCUT2D eigenvalue weighted by molar-refractivity contribution is 6.24. The van der Waals surface area contributed by atoms with Gasteiger partial charge in [0.25, 0.3) is 23.4 Å². The molecule has 2 aromatic carbocycles. The molecule has 1 N–H and O–H groups in total. The number of carbonyl (C=O) groups is 4. The normalized spacial score (nSPS) is 12.5. The number of esters is 1. The van der Waals surface area contributed by atoms with Crippen molar-refractivity contribution in [3.8, 4) is 0 Å². The number of hydrogen-bond acceptors (Lipinski definition) is 7. The number of halogens is 1. The highest BCUT2D eigenvalue weighted by Crippen LogP contribution is 2.30. The first-order valence-electron chi connectivity index (χ1n) is 8.13. The van der Waals surface area contributed by atoms with E-state index in [-0.39, 0.29) is 11.3 Å². The highest BCUT2D eigenvalue weighted by Gasteiger charge is 2.41. The lowest BCUT2D eigenvalue weighted by Crippen LogP contribution is -2.36. The lowest BCUT2D eigenvalue weighted by molar-refractivity contribution is -0.385. The molecule has 2 aromatic rings. The molecule has 1 heterocycles. The van der Waals surface area contributed by atoms with Crippen molar-refractivity contribution >= 4 is 35.1 Å². The van der Waals surface area contributed by atoms with Crippen molar-refractivity contribution < 1.29 is 33.2 Å². The van der Waals surface area contributed by atoms with E-state index in [0.29, 0.717) is 4.90 Å². The summed E-state index contributed by atoms with van der Waals surface area (Å²) in [5, 5.41) is 13.3. The zero-order valence-electron chi connectivity index (χ0n) is 14.6. The smallest absolute Gasteiger partial charge is 0.326 e. The molecule has 1 aliphatic rings. The lowest BCUT2D eigenvalue weighted by Gasteiger charge is -2.13. The fourth-order valence-corrected chi connectivity index (χ4v) is 2.68. The maximum Gasteiger partial charge on any atom is 0.326 e. The molecular weight excluding hydrogens is 389 g/mol. The van der Waals surface area contributed by atoms with Gasteiger partial charge in [-0.2, -0.15) is 0 Å². The molecule has 0 bridgehead atoms. The average molecular weight is 401 g/mol. The highest BCUT2D eigenvalue weighted by atomic mass is 19.1. The third-order valence-electron chi connectivity index (χ3n) is 3.97. The Balaban J connectivity index is 1.61. The summed E-state index contributed by atoms with van der Waals surface area (Å²) in [6.07, 6.45) is 0. The van der Waals surface area contributed by atoms with E-state index >= 15 is 0 Å². The molecule has 0 atom stereocenters. The number of benzene rings is 2. The van der Waals surface area contributed by atoms with Gasteiger partial charge in [0, 0.05) is 6.07 Å².